The molecule has 0 radical (unpaired) electrons. The van der Waals surface area contributed by atoms with Gasteiger partial charge in [0.1, 0.15) is 24.0 Å². The Bertz CT molecular complexity index is 914. The van der Waals surface area contributed by atoms with E-state index in [2.05, 4.69) is 36.5 Å². The lowest BCUT2D eigenvalue weighted by molar-refractivity contribution is -0.122. The third-order valence-corrected chi connectivity index (χ3v) is 6.24. The fraction of sp³-hybridized carbons (Fsp3) is 0.591. The Balaban J connectivity index is 1.53. The zero-order valence-corrected chi connectivity index (χ0v) is 18.5. The van der Waals surface area contributed by atoms with Crippen LogP contribution in [-0.4, -0.2) is 54.1 Å². The molecule has 1 fully saturated rings. The van der Waals surface area contributed by atoms with Crippen molar-refractivity contribution in [2.45, 2.75) is 59.1 Å². The van der Waals surface area contributed by atoms with Crippen molar-refractivity contribution < 1.29 is 19.1 Å². The fourth-order valence-electron chi connectivity index (χ4n) is 4.27. The zero-order valence-electron chi connectivity index (χ0n) is 18.5. The van der Waals surface area contributed by atoms with Crippen LogP contribution >= 0.6 is 0 Å². The minimum absolute atomic E-state index is 0.0531. The number of benzene rings is 1. The Morgan fingerprint density at radius 1 is 1.37 bits per heavy atom. The van der Waals surface area contributed by atoms with Crippen molar-refractivity contribution in [3.05, 3.63) is 23.8 Å². The van der Waals surface area contributed by atoms with E-state index in [1.807, 2.05) is 38.7 Å². The van der Waals surface area contributed by atoms with E-state index < -0.39 is 5.60 Å². The smallest absolute Gasteiger partial charge is 0.410 e. The molecule has 2 atom stereocenters. The average molecular weight is 415 g/mol. The topological polar surface area (TPSA) is 83.5 Å². The highest BCUT2D eigenvalue weighted by Crippen LogP contribution is 2.46. The van der Waals surface area contributed by atoms with Crippen molar-refractivity contribution in [1.82, 2.24) is 10.3 Å². The van der Waals surface area contributed by atoms with E-state index in [0.717, 1.165) is 17.0 Å². The summed E-state index contributed by atoms with van der Waals surface area (Å²) in [7, 11) is 0. The van der Waals surface area contributed by atoms with E-state index in [0.29, 0.717) is 25.5 Å². The van der Waals surface area contributed by atoms with E-state index in [-0.39, 0.29) is 29.4 Å². The normalized spacial score (nSPS) is 23.2. The van der Waals surface area contributed by atoms with Gasteiger partial charge in [-0.1, -0.05) is 19.9 Å². The second-order valence-corrected chi connectivity index (χ2v) is 9.78. The van der Waals surface area contributed by atoms with E-state index >= 15 is 0 Å². The van der Waals surface area contributed by atoms with Crippen LogP contribution in [0.2, 0.25) is 0 Å². The summed E-state index contributed by atoms with van der Waals surface area (Å²) in [6.07, 6.45) is -0.264. The van der Waals surface area contributed by atoms with E-state index in [9.17, 15) is 9.59 Å². The summed E-state index contributed by atoms with van der Waals surface area (Å²) in [5.74, 6) is 1.52. The van der Waals surface area contributed by atoms with Gasteiger partial charge in [-0.2, -0.15) is 5.10 Å². The largest absolute Gasteiger partial charge is 0.483 e. The first-order chi connectivity index (χ1) is 14.0. The molecular formula is C22H30N4O4. The number of hydrazone groups is 1. The van der Waals surface area contributed by atoms with Crippen LogP contribution in [-0.2, 0) is 9.53 Å². The Kier molecular flexibility index (Phi) is 4.71. The lowest BCUT2D eigenvalue weighted by Gasteiger charge is -2.51. The van der Waals surface area contributed by atoms with Crippen molar-refractivity contribution in [3.63, 3.8) is 0 Å². The third kappa shape index (κ3) is 3.48. The van der Waals surface area contributed by atoms with E-state index in [1.165, 1.54) is 0 Å². The maximum Gasteiger partial charge on any atom is 0.410 e. The van der Waals surface area contributed by atoms with Crippen LogP contribution in [0.15, 0.2) is 23.3 Å². The summed E-state index contributed by atoms with van der Waals surface area (Å²) in [5, 5.41) is 4.15. The van der Waals surface area contributed by atoms with E-state index in [4.69, 9.17) is 9.47 Å². The lowest BCUT2D eigenvalue weighted by atomic mass is 9.69. The SMILES string of the molecule is CC(c1ccc2c(c1)N1C(=NNC(=O)[C@H]1C)CO2)C1(C)CN(C(=O)OC(C)(C)C)C1. The molecule has 2 amide bonds. The summed E-state index contributed by atoms with van der Waals surface area (Å²) >= 11 is 0. The maximum atomic E-state index is 12.3. The van der Waals surface area contributed by atoms with Crippen LogP contribution in [0.4, 0.5) is 10.5 Å². The first-order valence-electron chi connectivity index (χ1n) is 10.4. The third-order valence-electron chi connectivity index (χ3n) is 6.24. The molecule has 0 aromatic heterocycles. The van der Waals surface area contributed by atoms with Crippen molar-refractivity contribution in [3.8, 4) is 5.75 Å². The second kappa shape index (κ2) is 6.89. The van der Waals surface area contributed by atoms with Gasteiger partial charge in [0.05, 0.1) is 5.69 Å². The molecule has 162 valence electrons. The highest BCUT2D eigenvalue weighted by Gasteiger charge is 2.47. The van der Waals surface area contributed by atoms with Gasteiger partial charge in [-0.3, -0.25) is 4.79 Å². The summed E-state index contributed by atoms with van der Waals surface area (Å²) in [6.45, 7) is 13.5. The van der Waals surface area contributed by atoms with Gasteiger partial charge >= 0.3 is 6.09 Å². The molecule has 3 aliphatic heterocycles. The van der Waals surface area contributed by atoms with Gasteiger partial charge < -0.3 is 19.3 Å². The predicted octanol–water partition coefficient (Wildman–Crippen LogP) is 3.08. The number of carbonyl (C=O) groups excluding carboxylic acids is 2. The molecule has 1 N–H and O–H groups in total. The number of hydrogen-bond acceptors (Lipinski definition) is 6. The zero-order chi connectivity index (χ0) is 21.8. The fourth-order valence-corrected chi connectivity index (χ4v) is 4.27. The summed E-state index contributed by atoms with van der Waals surface area (Å²) in [5.41, 5.74) is 4.00. The van der Waals surface area contributed by atoms with Gasteiger partial charge in [0.15, 0.2) is 5.84 Å². The molecule has 8 heteroatoms. The monoisotopic (exact) mass is 414 g/mol. The number of nitrogens with one attached hydrogen (secondary N) is 1. The number of likely N-dealkylation sites (tertiary alicyclic amines) is 1. The number of ether oxygens (including phenoxy) is 2. The molecule has 0 saturated carbocycles. The highest BCUT2D eigenvalue weighted by molar-refractivity contribution is 6.09. The van der Waals surface area contributed by atoms with Crippen molar-refractivity contribution >= 4 is 23.5 Å². The molecule has 1 unspecified atom stereocenters. The molecule has 0 spiro atoms. The first kappa shape index (κ1) is 20.5. The Morgan fingerprint density at radius 2 is 2.07 bits per heavy atom. The van der Waals surface area contributed by atoms with Crippen LogP contribution < -0.4 is 15.1 Å². The standard InChI is InChI=1S/C22H30N4O4/c1-13(22(6)11-25(12-22)20(28)30-21(3,4)5)15-7-8-17-16(9-15)26-14(2)19(27)24-23-18(26)10-29-17/h7-9,13-14H,10-12H2,1-6H3,(H,24,27)/t13?,14-/m1/s1. The van der Waals surface area contributed by atoms with Gasteiger partial charge in [-0.05, 0) is 51.3 Å². The summed E-state index contributed by atoms with van der Waals surface area (Å²) < 4.78 is 11.3. The summed E-state index contributed by atoms with van der Waals surface area (Å²) in [4.78, 5) is 28.2. The number of amides is 2. The quantitative estimate of drug-likeness (QED) is 0.804. The molecule has 8 nitrogen and oxygen atoms in total. The summed E-state index contributed by atoms with van der Waals surface area (Å²) in [6, 6.07) is 5.77. The molecule has 4 rings (SSSR count). The molecule has 0 aliphatic carbocycles. The number of amidine groups is 1. The predicted molar refractivity (Wildman–Crippen MR) is 114 cm³/mol. The molecule has 3 aliphatic rings. The maximum absolute atomic E-state index is 12.3. The number of fused-ring (bicyclic) bond motifs is 3. The number of rotatable bonds is 2. The molecule has 3 heterocycles. The van der Waals surface area contributed by atoms with Gasteiger partial charge in [0.25, 0.3) is 5.91 Å². The number of anilines is 1. The van der Waals surface area contributed by atoms with Crippen LogP contribution in [0.1, 0.15) is 53.0 Å². The molecule has 1 saturated heterocycles. The van der Waals surface area contributed by atoms with Crippen molar-refractivity contribution in [1.29, 1.82) is 0 Å². The lowest BCUT2D eigenvalue weighted by Crippen LogP contribution is -2.59. The van der Waals surface area contributed by atoms with Crippen LogP contribution in [0.25, 0.3) is 0 Å². The van der Waals surface area contributed by atoms with Gasteiger partial charge in [0, 0.05) is 18.5 Å². The average Bonchev–Trinajstić information content (AvgIpc) is 2.65. The molecular weight excluding hydrogens is 384 g/mol. The highest BCUT2D eigenvalue weighted by atomic mass is 16.6. The Hall–Kier alpha value is -2.77. The van der Waals surface area contributed by atoms with Gasteiger partial charge in [0.2, 0.25) is 0 Å². The van der Waals surface area contributed by atoms with Crippen LogP contribution in [0, 0.1) is 5.41 Å². The molecule has 1 aromatic carbocycles. The molecule has 1 aromatic rings. The van der Waals surface area contributed by atoms with Gasteiger partial charge in [-0.25, -0.2) is 10.2 Å². The minimum Gasteiger partial charge on any atom is -0.483 e. The van der Waals surface area contributed by atoms with Crippen LogP contribution in [0.5, 0.6) is 5.75 Å². The van der Waals surface area contributed by atoms with Crippen molar-refractivity contribution in [2.75, 3.05) is 24.6 Å². The number of carbonyl (C=O) groups is 2. The first-order valence-corrected chi connectivity index (χ1v) is 10.4. The van der Waals surface area contributed by atoms with E-state index in [1.54, 1.807) is 4.90 Å². The minimum atomic E-state index is -0.496. The van der Waals surface area contributed by atoms with Crippen molar-refractivity contribution in [2.24, 2.45) is 10.5 Å². The number of nitrogens with zero attached hydrogens (tertiary/aromatic N) is 3. The Labute approximate surface area is 177 Å². The molecule has 30 heavy (non-hydrogen) atoms. The second-order valence-electron chi connectivity index (χ2n) is 9.78. The van der Waals surface area contributed by atoms with Gasteiger partial charge in [-0.15, -0.1) is 0 Å². The molecule has 0 bridgehead atoms. The number of hydrogen-bond donors (Lipinski definition) is 1. The Morgan fingerprint density at radius 3 is 2.73 bits per heavy atom. The van der Waals surface area contributed by atoms with Crippen LogP contribution in [0.3, 0.4) is 0 Å².